The van der Waals surface area contributed by atoms with Gasteiger partial charge in [0.05, 0.1) is 50.8 Å². The molecule has 1 aromatic heterocycles. The lowest BCUT2D eigenvalue weighted by molar-refractivity contribution is 0.672. The summed E-state index contributed by atoms with van der Waals surface area (Å²) in [6, 6.07) is -29.3. The molecule has 9 rings (SSSR count). The van der Waals surface area contributed by atoms with E-state index in [-0.39, 0.29) is 0 Å². The molecule has 2 nitrogen and oxygen atoms in total. The van der Waals surface area contributed by atoms with Crippen LogP contribution in [0.5, 0.6) is 0 Å². The zero-order chi connectivity index (χ0) is 55.7. The Balaban J connectivity index is 1.61. The summed E-state index contributed by atoms with van der Waals surface area (Å²) in [7, 11) is 0. The topological polar surface area (TPSA) is 16.4 Å². The molecule has 0 bridgehead atoms. The van der Waals surface area contributed by atoms with E-state index in [9.17, 15) is 12.3 Å². The Labute approximate surface area is 308 Å². The second-order valence-corrected chi connectivity index (χ2v) is 9.52. The fourth-order valence-electron chi connectivity index (χ4n) is 4.97. The first-order valence-electron chi connectivity index (χ1n) is 27.8. The van der Waals surface area contributed by atoms with E-state index >= 15 is 0 Å². The molecule has 46 heavy (non-hydrogen) atoms. The Morgan fingerprint density at radius 1 is 0.435 bits per heavy atom. The largest absolute Gasteiger partial charge is 0.455 e. The van der Waals surface area contributed by atoms with Crippen LogP contribution >= 0.6 is 0 Å². The maximum absolute atomic E-state index is 9.93. The van der Waals surface area contributed by atoms with Crippen LogP contribution in [0.1, 0.15) is 39.8 Å². The van der Waals surface area contributed by atoms with Gasteiger partial charge >= 0.3 is 0 Å². The van der Waals surface area contributed by atoms with Gasteiger partial charge in [-0.25, -0.2) is 0 Å². The van der Waals surface area contributed by atoms with Gasteiger partial charge in [0.15, 0.2) is 0 Å². The highest BCUT2D eigenvalue weighted by Gasteiger charge is 2.22. The highest BCUT2D eigenvalue weighted by atomic mass is 16.3. The lowest BCUT2D eigenvalue weighted by atomic mass is 9.95. The normalized spacial score (nSPS) is 20.3. The Hall–Kier alpha value is -6.12. The van der Waals surface area contributed by atoms with Crippen LogP contribution in [0, 0.1) is 0 Å². The lowest BCUT2D eigenvalue weighted by Gasteiger charge is -2.27. The molecule has 0 aliphatic carbocycles. The van der Waals surface area contributed by atoms with E-state index in [1.807, 2.05) is 0 Å². The van der Waals surface area contributed by atoms with E-state index in [1.165, 1.54) is 0 Å². The van der Waals surface area contributed by atoms with Crippen LogP contribution in [0.15, 0.2) is 180 Å². The molecule has 8 aromatic carbocycles. The van der Waals surface area contributed by atoms with E-state index < -0.39 is 258 Å². The molecule has 0 aliphatic rings. The van der Waals surface area contributed by atoms with Crippen molar-refractivity contribution in [3.05, 3.63) is 175 Å². The van der Waals surface area contributed by atoms with Crippen molar-refractivity contribution in [3.63, 3.8) is 0 Å². The summed E-state index contributed by atoms with van der Waals surface area (Å²) < 4.78 is 265. The van der Waals surface area contributed by atoms with Crippen molar-refractivity contribution in [1.82, 2.24) is 0 Å². The standard InChI is InChI=1S/C44H29NO/c1-3-12-30(13-4-1)32-22-25-35(26-23-32)45(36-27-24-31-14-7-8-17-34(31)28-36)41-20-11-21-42-43(41)40-29-39(33-15-5-2-6-16-33)37-18-9-10-19-38(37)44(40)46-42/h1-29H/i1D,2D,3D,4D,5D,6D,7D,8D,9D,10D,11D,12D,13D,14D,15D,16D,17D,18D,19D,20D,21D,22D,23D,24D,25D,26D,27D,28D,29D. The SMILES string of the molecule is [2H]c1c([2H])c([2H])c(-c2c([2H])c([2H])c(N(c3c([2H])c([2H])c4c([2H])c([2H])c([2H])c([2H])c4c3[2H])c3c([2H])c([2H])c([2H])c4oc5c6c([2H])c([2H])c([2H])c([2H])c6c(-c6c([2H])c([2H])c([2H])c([2H])c6[2H])c([2H])c5c34)c([2H])c2[2H])c([2H])c1[2H]. The maximum Gasteiger partial charge on any atom is 0.143 e. The lowest BCUT2D eigenvalue weighted by Crippen LogP contribution is -2.10. The molecule has 0 spiro atoms. The number of hydrogen-bond acceptors (Lipinski definition) is 2. The van der Waals surface area contributed by atoms with Gasteiger partial charge in [0.25, 0.3) is 0 Å². The zero-order valence-electron chi connectivity index (χ0n) is 51.9. The van der Waals surface area contributed by atoms with Gasteiger partial charge in [0, 0.05) is 22.1 Å². The molecule has 0 N–H and O–H groups in total. The van der Waals surface area contributed by atoms with Crippen LogP contribution < -0.4 is 4.90 Å². The zero-order valence-corrected chi connectivity index (χ0v) is 22.9. The molecule has 216 valence electrons. The summed E-state index contributed by atoms with van der Waals surface area (Å²) in [5, 5.41) is -4.28. The Kier molecular flexibility index (Phi) is 2.39. The van der Waals surface area contributed by atoms with E-state index in [2.05, 4.69) is 0 Å². The molecule has 2 heteroatoms. The van der Waals surface area contributed by atoms with Crippen LogP contribution in [-0.4, -0.2) is 0 Å². The third kappa shape index (κ3) is 4.35. The molecule has 0 aliphatic heterocycles. The van der Waals surface area contributed by atoms with Crippen molar-refractivity contribution in [3.8, 4) is 22.3 Å². The molecular weight excluding hydrogens is 558 g/mol. The minimum absolute atomic E-state index is 0.432. The highest BCUT2D eigenvalue weighted by Crippen LogP contribution is 2.46. The van der Waals surface area contributed by atoms with E-state index in [4.69, 9.17) is 31.8 Å². The van der Waals surface area contributed by atoms with Gasteiger partial charge in [-0.15, -0.1) is 0 Å². The second kappa shape index (κ2) is 10.8. The van der Waals surface area contributed by atoms with E-state index in [1.54, 1.807) is 0 Å². The molecule has 0 atom stereocenters. The molecular formula is C44H29NO. The first-order valence-corrected chi connectivity index (χ1v) is 13.3. The number of benzene rings is 8. The Morgan fingerprint density at radius 2 is 1.07 bits per heavy atom. The second-order valence-electron chi connectivity index (χ2n) is 9.52. The van der Waals surface area contributed by atoms with E-state index in [0.29, 0.717) is 4.90 Å². The van der Waals surface area contributed by atoms with Crippen LogP contribution in [0.25, 0.3) is 65.7 Å². The molecule has 0 fully saturated rings. The summed E-state index contributed by atoms with van der Waals surface area (Å²) in [6.45, 7) is 0. The summed E-state index contributed by atoms with van der Waals surface area (Å²) >= 11 is 0. The number of nitrogens with zero attached hydrogens (tertiary/aromatic N) is 1. The van der Waals surface area contributed by atoms with Gasteiger partial charge in [0.1, 0.15) is 11.2 Å². The summed E-state index contributed by atoms with van der Waals surface area (Å²) in [4.78, 5) is 0.432. The summed E-state index contributed by atoms with van der Waals surface area (Å²) in [5.74, 6) is 0. The third-order valence-electron chi connectivity index (χ3n) is 6.94. The van der Waals surface area contributed by atoms with Gasteiger partial charge in [0.2, 0.25) is 0 Å². The third-order valence-corrected chi connectivity index (χ3v) is 6.94. The van der Waals surface area contributed by atoms with Gasteiger partial charge in [-0.05, 0) is 80.7 Å². The highest BCUT2D eigenvalue weighted by molar-refractivity contribution is 6.22. The van der Waals surface area contributed by atoms with Gasteiger partial charge < -0.3 is 9.32 Å². The summed E-state index contributed by atoms with van der Waals surface area (Å²) in [5.41, 5.74) is -8.04. The first kappa shape index (κ1) is 10.2. The minimum atomic E-state index is -1.24. The van der Waals surface area contributed by atoms with Crippen molar-refractivity contribution in [1.29, 1.82) is 0 Å². The first-order chi connectivity index (χ1) is 34.9. The van der Waals surface area contributed by atoms with Gasteiger partial charge in [-0.3, -0.25) is 0 Å². The molecule has 9 aromatic rings. The number of fused-ring (bicyclic) bond motifs is 6. The smallest absolute Gasteiger partial charge is 0.143 e. The quantitative estimate of drug-likeness (QED) is 0.191. The van der Waals surface area contributed by atoms with Gasteiger partial charge in [-0.2, -0.15) is 0 Å². The fourth-order valence-corrected chi connectivity index (χ4v) is 4.97. The molecule has 0 radical (unpaired) electrons. The fraction of sp³-hybridized carbons (Fsp3) is 0. The van der Waals surface area contributed by atoms with Crippen molar-refractivity contribution in [2.45, 2.75) is 0 Å². The Morgan fingerprint density at radius 3 is 1.85 bits per heavy atom. The van der Waals surface area contributed by atoms with Crippen molar-refractivity contribution in [2.24, 2.45) is 0 Å². The Bertz CT molecular complexity index is 4100. The van der Waals surface area contributed by atoms with Crippen molar-refractivity contribution >= 4 is 60.5 Å². The van der Waals surface area contributed by atoms with Crippen LogP contribution in [0.4, 0.5) is 17.1 Å². The minimum Gasteiger partial charge on any atom is -0.455 e. The van der Waals surface area contributed by atoms with Crippen LogP contribution in [0.3, 0.4) is 0 Å². The molecule has 0 saturated carbocycles. The maximum atomic E-state index is 9.93. The number of hydrogen-bond donors (Lipinski definition) is 0. The molecule has 0 saturated heterocycles. The monoisotopic (exact) mass is 616 g/mol. The summed E-state index contributed by atoms with van der Waals surface area (Å²) in [6.07, 6.45) is 0. The number of rotatable bonds is 5. The predicted octanol–water partition coefficient (Wildman–Crippen LogP) is 12.7. The number of anilines is 3. The molecule has 0 amide bonds. The molecule has 1 heterocycles. The molecule has 0 unspecified atom stereocenters. The average Bonchev–Trinajstić information content (AvgIpc) is 3.77. The van der Waals surface area contributed by atoms with Crippen molar-refractivity contribution in [2.75, 3.05) is 4.90 Å². The predicted molar refractivity (Wildman–Crippen MR) is 194 cm³/mol. The van der Waals surface area contributed by atoms with Crippen LogP contribution in [0.2, 0.25) is 0 Å². The van der Waals surface area contributed by atoms with Crippen molar-refractivity contribution < 1.29 is 44.2 Å². The van der Waals surface area contributed by atoms with Gasteiger partial charge in [-0.1, -0.05) is 133 Å². The van der Waals surface area contributed by atoms with E-state index in [0.717, 1.165) is 0 Å². The average molecular weight is 617 g/mol. The van der Waals surface area contributed by atoms with Crippen LogP contribution in [-0.2, 0) is 0 Å². The number of furan rings is 1.